The Morgan fingerprint density at radius 2 is 2.00 bits per heavy atom. The fourth-order valence-electron chi connectivity index (χ4n) is 3.53. The maximum atomic E-state index is 5.84. The molecule has 1 aromatic heterocycles. The number of nitrogens with two attached hydrogens (primary N) is 1. The summed E-state index contributed by atoms with van der Waals surface area (Å²) in [4.78, 5) is 4.96. The molecule has 19 heavy (non-hydrogen) atoms. The van der Waals surface area contributed by atoms with Gasteiger partial charge in [0.25, 0.3) is 0 Å². The van der Waals surface area contributed by atoms with E-state index in [1.807, 2.05) is 0 Å². The Kier molecular flexibility index (Phi) is 3.09. The van der Waals surface area contributed by atoms with E-state index in [0.717, 1.165) is 11.1 Å². The average Bonchev–Trinajstić information content (AvgIpc) is 2.78. The van der Waals surface area contributed by atoms with Crippen LogP contribution in [0.15, 0.2) is 18.2 Å². The lowest BCUT2D eigenvalue weighted by Gasteiger charge is -2.32. The minimum atomic E-state index is 0.234. The van der Waals surface area contributed by atoms with Crippen molar-refractivity contribution in [1.82, 2.24) is 9.55 Å². The molecule has 0 aliphatic heterocycles. The Bertz CT molecular complexity index is 591. The van der Waals surface area contributed by atoms with Gasteiger partial charge in [0.2, 0.25) is 0 Å². The molecule has 1 heterocycles. The molecular weight excluding hydrogens is 234 g/mol. The molecule has 2 aromatic rings. The highest BCUT2D eigenvalue weighted by molar-refractivity contribution is 5.79. The molecule has 0 unspecified atom stereocenters. The van der Waals surface area contributed by atoms with Crippen molar-refractivity contribution in [2.24, 2.45) is 12.8 Å². The van der Waals surface area contributed by atoms with Crippen LogP contribution < -0.4 is 5.73 Å². The number of para-hydroxylation sites is 1. The van der Waals surface area contributed by atoms with Crippen LogP contribution in [0.1, 0.15) is 50.4 Å². The number of hydrogen-bond donors (Lipinski definition) is 1. The van der Waals surface area contributed by atoms with Gasteiger partial charge in [-0.1, -0.05) is 38.3 Å². The van der Waals surface area contributed by atoms with Gasteiger partial charge < -0.3 is 10.3 Å². The molecule has 102 valence electrons. The molecule has 0 saturated heterocycles. The van der Waals surface area contributed by atoms with Crippen LogP contribution in [0.4, 0.5) is 0 Å². The molecule has 3 rings (SSSR count). The first-order valence-corrected chi connectivity index (χ1v) is 7.30. The standard InChI is InChI=1S/C16H23N3/c1-16(9-4-3-5-10-16)15-18-14-12(11-17)7-6-8-13(14)19(15)2/h6-8H,3-5,9-11,17H2,1-2H3. The summed E-state index contributed by atoms with van der Waals surface area (Å²) in [6.07, 6.45) is 6.52. The Morgan fingerprint density at radius 1 is 1.26 bits per heavy atom. The first-order valence-electron chi connectivity index (χ1n) is 7.30. The largest absolute Gasteiger partial charge is 0.331 e. The fourth-order valence-corrected chi connectivity index (χ4v) is 3.53. The lowest BCUT2D eigenvalue weighted by molar-refractivity contribution is 0.299. The second-order valence-corrected chi connectivity index (χ2v) is 6.10. The Balaban J connectivity index is 2.16. The number of benzene rings is 1. The highest BCUT2D eigenvalue weighted by atomic mass is 15.1. The quantitative estimate of drug-likeness (QED) is 0.897. The average molecular weight is 257 g/mol. The van der Waals surface area contributed by atoms with Crippen molar-refractivity contribution in [2.45, 2.75) is 51.0 Å². The van der Waals surface area contributed by atoms with E-state index in [0.29, 0.717) is 6.54 Å². The third-order valence-corrected chi connectivity index (χ3v) is 4.71. The smallest absolute Gasteiger partial charge is 0.115 e. The predicted molar refractivity (Wildman–Crippen MR) is 79.0 cm³/mol. The van der Waals surface area contributed by atoms with E-state index in [4.69, 9.17) is 10.7 Å². The highest BCUT2D eigenvalue weighted by Gasteiger charge is 2.33. The zero-order chi connectivity index (χ0) is 13.5. The summed E-state index contributed by atoms with van der Waals surface area (Å²) in [5, 5.41) is 0. The van der Waals surface area contributed by atoms with Crippen LogP contribution in [0.2, 0.25) is 0 Å². The summed E-state index contributed by atoms with van der Waals surface area (Å²) in [6.45, 7) is 2.93. The van der Waals surface area contributed by atoms with Crippen LogP contribution in [0.5, 0.6) is 0 Å². The number of rotatable bonds is 2. The first-order chi connectivity index (χ1) is 9.15. The Hall–Kier alpha value is -1.35. The van der Waals surface area contributed by atoms with Crippen molar-refractivity contribution in [2.75, 3.05) is 0 Å². The normalized spacial score (nSPS) is 18.9. The minimum absolute atomic E-state index is 0.234. The van der Waals surface area contributed by atoms with Crippen LogP contribution in [-0.4, -0.2) is 9.55 Å². The van der Waals surface area contributed by atoms with Crippen molar-refractivity contribution >= 4 is 11.0 Å². The van der Waals surface area contributed by atoms with Crippen LogP contribution in [0, 0.1) is 0 Å². The second-order valence-electron chi connectivity index (χ2n) is 6.10. The maximum absolute atomic E-state index is 5.84. The molecule has 1 aliphatic rings. The summed E-state index contributed by atoms with van der Waals surface area (Å²) < 4.78 is 2.28. The van der Waals surface area contributed by atoms with Crippen LogP contribution >= 0.6 is 0 Å². The number of nitrogens with zero attached hydrogens (tertiary/aromatic N) is 2. The topological polar surface area (TPSA) is 43.8 Å². The number of aromatic nitrogens is 2. The summed E-state index contributed by atoms with van der Waals surface area (Å²) in [5.41, 5.74) is 9.53. The number of aryl methyl sites for hydroxylation is 1. The first kappa shape index (κ1) is 12.7. The number of imidazole rings is 1. The van der Waals surface area contributed by atoms with Gasteiger partial charge in [-0.05, 0) is 24.5 Å². The molecule has 0 atom stereocenters. The zero-order valence-electron chi connectivity index (χ0n) is 11.9. The molecule has 1 fully saturated rings. The van der Waals surface area contributed by atoms with Crippen LogP contribution in [0.3, 0.4) is 0 Å². The molecule has 0 amide bonds. The van der Waals surface area contributed by atoms with Gasteiger partial charge in [-0.2, -0.15) is 0 Å². The van der Waals surface area contributed by atoms with Crippen molar-refractivity contribution < 1.29 is 0 Å². The third kappa shape index (κ3) is 1.96. The van der Waals surface area contributed by atoms with Gasteiger partial charge in [0.05, 0.1) is 11.0 Å². The van der Waals surface area contributed by atoms with Crippen molar-refractivity contribution in [3.05, 3.63) is 29.6 Å². The Morgan fingerprint density at radius 3 is 2.68 bits per heavy atom. The third-order valence-electron chi connectivity index (χ3n) is 4.71. The minimum Gasteiger partial charge on any atom is -0.331 e. The van der Waals surface area contributed by atoms with Crippen LogP contribution in [0.25, 0.3) is 11.0 Å². The summed E-state index contributed by atoms with van der Waals surface area (Å²) in [6, 6.07) is 6.32. The lowest BCUT2D eigenvalue weighted by Crippen LogP contribution is -2.28. The van der Waals surface area contributed by atoms with E-state index in [1.54, 1.807) is 0 Å². The summed E-state index contributed by atoms with van der Waals surface area (Å²) in [5.74, 6) is 1.24. The van der Waals surface area contributed by atoms with Gasteiger partial charge in [-0.3, -0.25) is 0 Å². The number of hydrogen-bond acceptors (Lipinski definition) is 2. The molecule has 2 N–H and O–H groups in total. The molecule has 1 saturated carbocycles. The van der Waals surface area contributed by atoms with Gasteiger partial charge in [0, 0.05) is 19.0 Å². The summed E-state index contributed by atoms with van der Waals surface area (Å²) >= 11 is 0. The van der Waals surface area contributed by atoms with E-state index in [9.17, 15) is 0 Å². The molecule has 0 spiro atoms. The van der Waals surface area contributed by atoms with Gasteiger partial charge in [-0.15, -0.1) is 0 Å². The fraction of sp³-hybridized carbons (Fsp3) is 0.562. The van der Waals surface area contributed by atoms with Crippen molar-refractivity contribution in [1.29, 1.82) is 0 Å². The lowest BCUT2D eigenvalue weighted by atomic mass is 9.75. The monoisotopic (exact) mass is 257 g/mol. The van der Waals surface area contributed by atoms with Crippen molar-refractivity contribution in [3.63, 3.8) is 0 Å². The zero-order valence-corrected chi connectivity index (χ0v) is 11.9. The highest BCUT2D eigenvalue weighted by Crippen LogP contribution is 2.39. The Labute approximate surface area is 114 Å². The van der Waals surface area contributed by atoms with E-state index < -0.39 is 0 Å². The molecule has 1 aromatic carbocycles. The number of fused-ring (bicyclic) bond motifs is 1. The van der Waals surface area contributed by atoms with Gasteiger partial charge in [-0.25, -0.2) is 4.98 Å². The van der Waals surface area contributed by atoms with E-state index in [2.05, 4.69) is 36.7 Å². The van der Waals surface area contributed by atoms with Crippen LogP contribution in [-0.2, 0) is 19.0 Å². The van der Waals surface area contributed by atoms with E-state index in [-0.39, 0.29) is 5.41 Å². The molecular formula is C16H23N3. The van der Waals surface area contributed by atoms with E-state index >= 15 is 0 Å². The second kappa shape index (κ2) is 4.64. The van der Waals surface area contributed by atoms with E-state index in [1.165, 1.54) is 43.4 Å². The predicted octanol–water partition coefficient (Wildman–Crippen LogP) is 3.25. The molecule has 1 aliphatic carbocycles. The molecule has 3 heteroatoms. The SMILES string of the molecule is Cn1c(C2(C)CCCCC2)nc2c(CN)cccc21. The van der Waals surface area contributed by atoms with Gasteiger partial charge in [0.1, 0.15) is 5.82 Å². The van der Waals surface area contributed by atoms with Crippen molar-refractivity contribution in [3.8, 4) is 0 Å². The summed E-state index contributed by atoms with van der Waals surface area (Å²) in [7, 11) is 2.14. The van der Waals surface area contributed by atoms with Gasteiger partial charge in [0.15, 0.2) is 0 Å². The van der Waals surface area contributed by atoms with Gasteiger partial charge >= 0.3 is 0 Å². The molecule has 0 radical (unpaired) electrons. The maximum Gasteiger partial charge on any atom is 0.115 e. The molecule has 3 nitrogen and oxygen atoms in total. The molecule has 0 bridgehead atoms.